The van der Waals surface area contributed by atoms with Gasteiger partial charge in [0.2, 0.25) is 0 Å². The van der Waals surface area contributed by atoms with Gasteiger partial charge in [-0.2, -0.15) is 0 Å². The summed E-state index contributed by atoms with van der Waals surface area (Å²) in [6.07, 6.45) is -1.07. The van der Waals surface area contributed by atoms with Gasteiger partial charge in [0.1, 0.15) is 6.10 Å². The summed E-state index contributed by atoms with van der Waals surface area (Å²) in [7, 11) is 1.53. The topological polar surface area (TPSA) is 29.5 Å². The Morgan fingerprint density at radius 2 is 2.00 bits per heavy atom. The van der Waals surface area contributed by atoms with Crippen LogP contribution in [0.1, 0.15) is 18.6 Å². The minimum atomic E-state index is -0.758. The summed E-state index contributed by atoms with van der Waals surface area (Å²) in [5.74, 6) is 0. The summed E-state index contributed by atoms with van der Waals surface area (Å²) in [6.45, 7) is 1.77. The lowest BCUT2D eigenvalue weighted by molar-refractivity contribution is -0.00137. The molecule has 1 aromatic carbocycles. The van der Waals surface area contributed by atoms with Crippen molar-refractivity contribution in [1.82, 2.24) is 0 Å². The summed E-state index contributed by atoms with van der Waals surface area (Å²) in [5, 5.41) is 10.9. The average molecular weight is 235 g/mol. The highest BCUT2D eigenvalue weighted by molar-refractivity contribution is 6.33. The molecule has 0 bridgehead atoms. The fourth-order valence-electron chi connectivity index (χ4n) is 1.12. The normalized spacial score (nSPS) is 15.2. The predicted octanol–water partition coefficient (Wildman–Crippen LogP) is 3.06. The maximum absolute atomic E-state index is 9.83. The largest absolute Gasteiger partial charge is 0.386 e. The van der Waals surface area contributed by atoms with Crippen molar-refractivity contribution in [3.8, 4) is 0 Å². The number of ether oxygens (including phenoxy) is 1. The molecule has 0 aliphatic heterocycles. The number of hydrogen-bond acceptors (Lipinski definition) is 2. The van der Waals surface area contributed by atoms with Crippen molar-refractivity contribution in [3.63, 3.8) is 0 Å². The van der Waals surface area contributed by atoms with E-state index in [2.05, 4.69) is 0 Å². The molecule has 0 spiro atoms. The van der Waals surface area contributed by atoms with E-state index in [9.17, 15) is 5.11 Å². The van der Waals surface area contributed by atoms with E-state index in [0.29, 0.717) is 15.6 Å². The van der Waals surface area contributed by atoms with Gasteiger partial charge in [-0.1, -0.05) is 23.2 Å². The molecule has 4 heteroatoms. The maximum Gasteiger partial charge on any atom is 0.106 e. The predicted molar refractivity (Wildman–Crippen MR) is 57.9 cm³/mol. The van der Waals surface area contributed by atoms with Gasteiger partial charge >= 0.3 is 0 Å². The molecule has 0 aliphatic rings. The molecule has 14 heavy (non-hydrogen) atoms. The smallest absolute Gasteiger partial charge is 0.106 e. The van der Waals surface area contributed by atoms with E-state index in [1.165, 1.54) is 7.11 Å². The van der Waals surface area contributed by atoms with Crippen molar-refractivity contribution in [2.75, 3.05) is 7.11 Å². The lowest BCUT2D eigenvalue weighted by Gasteiger charge is -2.18. The van der Waals surface area contributed by atoms with Crippen LogP contribution in [-0.4, -0.2) is 18.3 Å². The van der Waals surface area contributed by atoms with Crippen LogP contribution in [0.3, 0.4) is 0 Å². The van der Waals surface area contributed by atoms with Crippen molar-refractivity contribution in [1.29, 1.82) is 0 Å². The summed E-state index contributed by atoms with van der Waals surface area (Å²) in [5.41, 5.74) is 0.591. The van der Waals surface area contributed by atoms with Gasteiger partial charge in [-0.05, 0) is 25.1 Å². The fraction of sp³-hybridized carbons (Fsp3) is 0.400. The highest BCUT2D eigenvalue weighted by atomic mass is 35.5. The molecule has 1 N–H and O–H groups in total. The third-order valence-corrected chi connectivity index (χ3v) is 2.67. The van der Waals surface area contributed by atoms with Crippen LogP contribution in [0.25, 0.3) is 0 Å². The van der Waals surface area contributed by atoms with Crippen LogP contribution in [0.4, 0.5) is 0 Å². The second kappa shape index (κ2) is 4.99. The molecule has 1 aromatic rings. The summed E-state index contributed by atoms with van der Waals surface area (Å²) < 4.78 is 5.01. The van der Waals surface area contributed by atoms with Crippen LogP contribution in [0.2, 0.25) is 10.0 Å². The van der Waals surface area contributed by atoms with Crippen LogP contribution >= 0.6 is 23.2 Å². The SMILES string of the molecule is COC(C)C(O)c1cc(Cl)ccc1Cl. The number of benzene rings is 1. The van der Waals surface area contributed by atoms with Gasteiger partial charge in [-0.15, -0.1) is 0 Å². The van der Waals surface area contributed by atoms with E-state index in [4.69, 9.17) is 27.9 Å². The summed E-state index contributed by atoms with van der Waals surface area (Å²) >= 11 is 11.7. The zero-order chi connectivity index (χ0) is 10.7. The molecule has 0 aliphatic carbocycles. The molecular weight excluding hydrogens is 223 g/mol. The van der Waals surface area contributed by atoms with E-state index in [1.54, 1.807) is 25.1 Å². The molecule has 0 aromatic heterocycles. The number of aliphatic hydroxyl groups is 1. The highest BCUT2D eigenvalue weighted by Gasteiger charge is 2.18. The van der Waals surface area contributed by atoms with Gasteiger partial charge in [-0.25, -0.2) is 0 Å². The van der Waals surface area contributed by atoms with Gasteiger partial charge in [-0.3, -0.25) is 0 Å². The number of methoxy groups -OCH3 is 1. The van der Waals surface area contributed by atoms with Crippen LogP contribution in [0.5, 0.6) is 0 Å². The lowest BCUT2D eigenvalue weighted by atomic mass is 10.1. The van der Waals surface area contributed by atoms with Gasteiger partial charge in [0.15, 0.2) is 0 Å². The molecule has 1 rings (SSSR count). The summed E-state index contributed by atoms with van der Waals surface area (Å²) in [6, 6.07) is 4.98. The molecule has 0 heterocycles. The van der Waals surface area contributed by atoms with Crippen molar-refractivity contribution >= 4 is 23.2 Å². The zero-order valence-electron chi connectivity index (χ0n) is 8.00. The monoisotopic (exact) mass is 234 g/mol. The van der Waals surface area contributed by atoms with Crippen LogP contribution in [0.15, 0.2) is 18.2 Å². The number of hydrogen-bond donors (Lipinski definition) is 1. The Labute approximate surface area is 93.4 Å². The second-order valence-electron chi connectivity index (χ2n) is 3.05. The van der Waals surface area contributed by atoms with Gasteiger partial charge in [0, 0.05) is 22.7 Å². The molecule has 2 unspecified atom stereocenters. The Bertz CT molecular complexity index is 315. The third-order valence-electron chi connectivity index (χ3n) is 2.09. The number of aliphatic hydroxyl groups excluding tert-OH is 1. The summed E-state index contributed by atoms with van der Waals surface area (Å²) in [4.78, 5) is 0. The quantitative estimate of drug-likeness (QED) is 0.872. The Hall–Kier alpha value is -0.280. The van der Waals surface area contributed by atoms with Crippen molar-refractivity contribution < 1.29 is 9.84 Å². The molecular formula is C10H12Cl2O2. The van der Waals surface area contributed by atoms with Gasteiger partial charge < -0.3 is 9.84 Å². The molecule has 0 amide bonds. The first kappa shape index (κ1) is 11.8. The molecule has 2 atom stereocenters. The first-order chi connectivity index (χ1) is 6.56. The van der Waals surface area contributed by atoms with Crippen LogP contribution in [0, 0.1) is 0 Å². The van der Waals surface area contributed by atoms with E-state index in [0.717, 1.165) is 0 Å². The zero-order valence-corrected chi connectivity index (χ0v) is 9.51. The number of rotatable bonds is 3. The minimum absolute atomic E-state index is 0.314. The first-order valence-electron chi connectivity index (χ1n) is 4.22. The molecule has 0 saturated carbocycles. The van der Waals surface area contributed by atoms with Crippen molar-refractivity contribution in [2.24, 2.45) is 0 Å². The first-order valence-corrected chi connectivity index (χ1v) is 4.97. The van der Waals surface area contributed by atoms with E-state index in [-0.39, 0.29) is 6.10 Å². The maximum atomic E-state index is 9.83. The Kier molecular flexibility index (Phi) is 4.20. The van der Waals surface area contributed by atoms with Gasteiger partial charge in [0.05, 0.1) is 6.10 Å². The van der Waals surface area contributed by atoms with Crippen LogP contribution in [-0.2, 0) is 4.74 Å². The van der Waals surface area contributed by atoms with Gasteiger partial charge in [0.25, 0.3) is 0 Å². The van der Waals surface area contributed by atoms with E-state index >= 15 is 0 Å². The Morgan fingerprint density at radius 3 is 2.57 bits per heavy atom. The lowest BCUT2D eigenvalue weighted by Crippen LogP contribution is -2.17. The van der Waals surface area contributed by atoms with Crippen LogP contribution < -0.4 is 0 Å². The van der Waals surface area contributed by atoms with Crippen molar-refractivity contribution in [2.45, 2.75) is 19.1 Å². The molecule has 78 valence electrons. The van der Waals surface area contributed by atoms with E-state index in [1.807, 2.05) is 0 Å². The highest BCUT2D eigenvalue weighted by Crippen LogP contribution is 2.28. The third kappa shape index (κ3) is 2.61. The Balaban J connectivity index is 2.99. The fourth-order valence-corrected chi connectivity index (χ4v) is 1.53. The van der Waals surface area contributed by atoms with Crippen molar-refractivity contribution in [3.05, 3.63) is 33.8 Å². The van der Waals surface area contributed by atoms with E-state index < -0.39 is 6.10 Å². The standard InChI is InChI=1S/C10H12Cl2O2/c1-6(14-2)10(13)8-5-7(11)3-4-9(8)12/h3-6,10,13H,1-2H3. The Morgan fingerprint density at radius 1 is 1.36 bits per heavy atom. The number of halogens is 2. The molecule has 0 radical (unpaired) electrons. The minimum Gasteiger partial charge on any atom is -0.386 e. The molecule has 2 nitrogen and oxygen atoms in total. The molecule has 0 fully saturated rings. The average Bonchev–Trinajstić information content (AvgIpc) is 2.19. The second-order valence-corrected chi connectivity index (χ2v) is 3.90. The molecule has 0 saturated heterocycles.